The molecule has 0 saturated carbocycles. The first kappa shape index (κ1) is 19.3. The Morgan fingerprint density at radius 1 is 1.24 bits per heavy atom. The number of nitrogens with zero attached hydrogens (tertiary/aromatic N) is 2. The molecule has 0 saturated heterocycles. The van der Waals surface area contributed by atoms with Crippen LogP contribution in [0.4, 0.5) is 0 Å². The van der Waals surface area contributed by atoms with Crippen LogP contribution in [0.3, 0.4) is 0 Å². The first-order valence-corrected chi connectivity index (χ1v) is 9.56. The third kappa shape index (κ3) is 3.32. The van der Waals surface area contributed by atoms with Crippen molar-refractivity contribution in [1.29, 1.82) is 0 Å². The molecule has 7 nitrogen and oxygen atoms in total. The number of aromatic hydroxyl groups is 1. The molecule has 0 fully saturated rings. The fraction of sp³-hybridized carbons (Fsp3) is 0.238. The number of benzene rings is 2. The van der Waals surface area contributed by atoms with Crippen LogP contribution in [-0.2, 0) is 0 Å². The summed E-state index contributed by atoms with van der Waals surface area (Å²) >= 11 is 6.13. The summed E-state index contributed by atoms with van der Waals surface area (Å²) in [4.78, 5) is 14.8. The molecular formula is C21H20ClN3O4. The molecule has 0 aliphatic carbocycles. The number of carbonyl (C=O) groups excluding carboxylic acids is 1. The zero-order valence-corrected chi connectivity index (χ0v) is 16.5. The van der Waals surface area contributed by atoms with E-state index in [9.17, 15) is 15.0 Å². The fourth-order valence-electron chi connectivity index (χ4n) is 3.70. The molecule has 2 heterocycles. The van der Waals surface area contributed by atoms with Crippen molar-refractivity contribution in [2.24, 2.45) is 0 Å². The Hall–Kier alpha value is -3.03. The largest absolute Gasteiger partial charge is 0.507 e. The third-order valence-electron chi connectivity index (χ3n) is 5.07. The highest BCUT2D eigenvalue weighted by atomic mass is 35.5. The first-order chi connectivity index (χ1) is 14.0. The lowest BCUT2D eigenvalue weighted by Gasteiger charge is -2.26. The highest BCUT2D eigenvalue weighted by molar-refractivity contribution is 6.31. The number of hydrogen-bond donors (Lipinski definition) is 3. The van der Waals surface area contributed by atoms with E-state index in [1.165, 1.54) is 6.07 Å². The molecule has 29 heavy (non-hydrogen) atoms. The minimum absolute atomic E-state index is 0.0206. The van der Waals surface area contributed by atoms with Crippen LogP contribution in [0.25, 0.3) is 11.3 Å². The van der Waals surface area contributed by atoms with Gasteiger partial charge < -0.3 is 19.8 Å². The molecule has 150 valence electrons. The molecule has 4 rings (SSSR count). The zero-order valence-electron chi connectivity index (χ0n) is 15.7. The van der Waals surface area contributed by atoms with Gasteiger partial charge in [-0.15, -0.1) is 0 Å². The minimum atomic E-state index is -0.415. The summed E-state index contributed by atoms with van der Waals surface area (Å²) in [5, 5.41) is 27.3. The molecule has 1 aliphatic heterocycles. The van der Waals surface area contributed by atoms with Crippen molar-refractivity contribution in [2.75, 3.05) is 20.3 Å². The van der Waals surface area contributed by atoms with E-state index in [1.807, 2.05) is 24.3 Å². The quantitative estimate of drug-likeness (QED) is 0.575. The highest BCUT2D eigenvalue weighted by Gasteiger charge is 2.42. The van der Waals surface area contributed by atoms with Crippen LogP contribution in [0.2, 0.25) is 5.02 Å². The number of phenolic OH excluding ortho intramolecular Hbond substituents is 1. The summed E-state index contributed by atoms with van der Waals surface area (Å²) in [5.41, 5.74) is 2.85. The van der Waals surface area contributed by atoms with Crippen LogP contribution < -0.4 is 4.74 Å². The molecule has 1 aliphatic rings. The lowest BCUT2D eigenvalue weighted by Crippen LogP contribution is -2.31. The van der Waals surface area contributed by atoms with Gasteiger partial charge >= 0.3 is 0 Å². The number of phenols is 1. The van der Waals surface area contributed by atoms with Crippen molar-refractivity contribution in [3.63, 3.8) is 0 Å². The summed E-state index contributed by atoms with van der Waals surface area (Å²) in [6.07, 6.45) is 0.452. The molecule has 1 atom stereocenters. The predicted molar refractivity (Wildman–Crippen MR) is 108 cm³/mol. The van der Waals surface area contributed by atoms with Crippen LogP contribution in [0.5, 0.6) is 11.5 Å². The molecule has 1 aromatic heterocycles. The van der Waals surface area contributed by atoms with Gasteiger partial charge in [0, 0.05) is 29.3 Å². The maximum absolute atomic E-state index is 13.1. The molecular weight excluding hydrogens is 394 g/mol. The number of aliphatic hydroxyl groups is 1. The van der Waals surface area contributed by atoms with Crippen LogP contribution in [0.1, 0.15) is 34.1 Å². The Balaban J connectivity index is 1.87. The van der Waals surface area contributed by atoms with E-state index in [4.69, 9.17) is 16.3 Å². The van der Waals surface area contributed by atoms with Crippen LogP contribution in [0.15, 0.2) is 42.5 Å². The Morgan fingerprint density at radius 2 is 2.00 bits per heavy atom. The number of methoxy groups -OCH3 is 1. The second-order valence-corrected chi connectivity index (χ2v) is 7.21. The van der Waals surface area contributed by atoms with Crippen molar-refractivity contribution in [2.45, 2.75) is 12.5 Å². The number of hydrogen-bond acceptors (Lipinski definition) is 5. The average molecular weight is 414 g/mol. The molecule has 2 aromatic carbocycles. The number of halogens is 1. The average Bonchev–Trinajstić information content (AvgIpc) is 3.27. The predicted octanol–water partition coefficient (Wildman–Crippen LogP) is 3.37. The van der Waals surface area contributed by atoms with Crippen molar-refractivity contribution >= 4 is 17.5 Å². The third-order valence-corrected chi connectivity index (χ3v) is 5.30. The smallest absolute Gasteiger partial charge is 0.273 e. The van der Waals surface area contributed by atoms with Gasteiger partial charge in [0.05, 0.1) is 13.2 Å². The number of aliphatic hydroxyl groups excluding tert-OH is 1. The van der Waals surface area contributed by atoms with Gasteiger partial charge in [-0.2, -0.15) is 5.10 Å². The fourth-order valence-corrected chi connectivity index (χ4v) is 3.88. The molecule has 8 heteroatoms. The van der Waals surface area contributed by atoms with Crippen molar-refractivity contribution < 1.29 is 19.7 Å². The number of fused-ring (bicyclic) bond motifs is 1. The Bertz CT molecular complexity index is 1050. The molecule has 1 unspecified atom stereocenters. The van der Waals surface area contributed by atoms with Crippen LogP contribution >= 0.6 is 11.6 Å². The number of aromatic amines is 1. The second kappa shape index (κ2) is 7.77. The van der Waals surface area contributed by atoms with E-state index < -0.39 is 6.04 Å². The number of ether oxygens (including phenoxy) is 1. The summed E-state index contributed by atoms with van der Waals surface area (Å²) in [6, 6.07) is 11.8. The first-order valence-electron chi connectivity index (χ1n) is 9.18. The number of aromatic nitrogens is 2. The number of amides is 1. The topological polar surface area (TPSA) is 98.7 Å². The number of H-pyrrole nitrogens is 1. The SMILES string of the molecule is COc1ccc(C2c3c(-c4cc(Cl)ccc4O)n[nH]c3C(=O)N2CCCO)cc1. The van der Waals surface area contributed by atoms with Gasteiger partial charge in [-0.1, -0.05) is 23.7 Å². The van der Waals surface area contributed by atoms with Crippen LogP contribution in [0, 0.1) is 0 Å². The molecule has 3 aromatic rings. The van der Waals surface area contributed by atoms with E-state index in [0.29, 0.717) is 46.3 Å². The molecule has 0 radical (unpaired) electrons. The van der Waals surface area contributed by atoms with E-state index >= 15 is 0 Å². The van der Waals surface area contributed by atoms with Gasteiger partial charge in [-0.25, -0.2) is 0 Å². The van der Waals surface area contributed by atoms with E-state index in [2.05, 4.69) is 10.2 Å². The Kier molecular flexibility index (Phi) is 5.17. The molecule has 0 bridgehead atoms. The van der Waals surface area contributed by atoms with E-state index in [-0.39, 0.29) is 18.3 Å². The molecule has 0 spiro atoms. The number of nitrogens with one attached hydrogen (secondary N) is 1. The van der Waals surface area contributed by atoms with E-state index in [1.54, 1.807) is 24.1 Å². The van der Waals surface area contributed by atoms with Gasteiger partial charge in [0.25, 0.3) is 5.91 Å². The zero-order chi connectivity index (χ0) is 20.5. The Morgan fingerprint density at radius 3 is 2.69 bits per heavy atom. The second-order valence-electron chi connectivity index (χ2n) is 6.77. The normalized spacial score (nSPS) is 15.6. The van der Waals surface area contributed by atoms with E-state index in [0.717, 1.165) is 5.56 Å². The standard InChI is InChI=1S/C21H20ClN3O4/c1-29-14-6-3-12(4-7-14)20-17-18(15-11-13(22)5-8-16(15)27)23-24-19(17)21(28)25(20)9-2-10-26/h3-8,11,20,26-27H,2,9-10H2,1H3,(H,23,24). The Labute approximate surface area is 172 Å². The number of carbonyl (C=O) groups is 1. The van der Waals surface area contributed by atoms with Gasteiger partial charge in [0.15, 0.2) is 0 Å². The van der Waals surface area contributed by atoms with Gasteiger partial charge in [0.1, 0.15) is 22.9 Å². The summed E-state index contributed by atoms with van der Waals surface area (Å²) < 4.78 is 5.24. The van der Waals surface area contributed by atoms with Crippen molar-refractivity contribution in [3.05, 3.63) is 64.3 Å². The van der Waals surface area contributed by atoms with Crippen molar-refractivity contribution in [1.82, 2.24) is 15.1 Å². The summed E-state index contributed by atoms with van der Waals surface area (Å²) in [5.74, 6) is 0.535. The maximum Gasteiger partial charge on any atom is 0.273 e. The maximum atomic E-state index is 13.1. The van der Waals surface area contributed by atoms with Crippen molar-refractivity contribution in [3.8, 4) is 22.8 Å². The monoisotopic (exact) mass is 413 g/mol. The van der Waals surface area contributed by atoms with Gasteiger partial charge in [-0.3, -0.25) is 9.89 Å². The van der Waals surface area contributed by atoms with Crippen LogP contribution in [-0.4, -0.2) is 51.5 Å². The highest BCUT2D eigenvalue weighted by Crippen LogP contribution is 2.45. The minimum Gasteiger partial charge on any atom is -0.507 e. The summed E-state index contributed by atoms with van der Waals surface area (Å²) in [6.45, 7) is 0.364. The number of rotatable bonds is 6. The molecule has 3 N–H and O–H groups in total. The van der Waals surface area contributed by atoms with Gasteiger partial charge in [0.2, 0.25) is 0 Å². The van der Waals surface area contributed by atoms with Gasteiger partial charge in [-0.05, 0) is 42.3 Å². The lowest BCUT2D eigenvalue weighted by atomic mass is 9.95. The lowest BCUT2D eigenvalue weighted by molar-refractivity contribution is 0.0732. The summed E-state index contributed by atoms with van der Waals surface area (Å²) in [7, 11) is 1.59. The molecule has 1 amide bonds.